The molecule has 2 unspecified atom stereocenters. The molecule has 26 heteroatoms. The van der Waals surface area contributed by atoms with Gasteiger partial charge in [0.15, 0.2) is 35.4 Å². The minimum Gasteiger partial charge on any atom is -0.387 e. The molecule has 3 aliphatic heterocycles. The van der Waals surface area contributed by atoms with Crippen molar-refractivity contribution in [1.82, 2.24) is 39.0 Å². The van der Waals surface area contributed by atoms with E-state index < -0.39 is 87.2 Å². The molecule has 3 aliphatic rings. The highest BCUT2D eigenvalue weighted by molar-refractivity contribution is 8.44. The Morgan fingerprint density at radius 3 is 2.00 bits per heavy atom. The molecule has 248 valence electrons. The van der Waals surface area contributed by atoms with E-state index in [1.54, 1.807) is 0 Å². The van der Waals surface area contributed by atoms with Crippen LogP contribution in [0.15, 0.2) is 22.2 Å². The van der Waals surface area contributed by atoms with Crippen molar-refractivity contribution in [3.05, 3.63) is 33.6 Å². The minimum absolute atomic E-state index is 0.0227. The monoisotopic (exact) mass is 722 g/mol. The number of ether oxygens (including phenoxy) is 2. The van der Waals surface area contributed by atoms with Crippen molar-refractivity contribution in [1.29, 1.82) is 0 Å². The first-order valence-corrected chi connectivity index (χ1v) is 18.4. The zero-order valence-corrected chi connectivity index (χ0v) is 26.3. The Bertz CT molecular complexity index is 2060. The van der Waals surface area contributed by atoms with Crippen LogP contribution in [0.4, 0.5) is 11.6 Å². The first kappa shape index (κ1) is 31.8. The van der Waals surface area contributed by atoms with Crippen LogP contribution in [0.3, 0.4) is 0 Å². The quantitative estimate of drug-likeness (QED) is 0.0820. The van der Waals surface area contributed by atoms with Crippen LogP contribution in [0.1, 0.15) is 12.5 Å². The van der Waals surface area contributed by atoms with Gasteiger partial charge in [0.2, 0.25) is 0 Å². The molecule has 2 bridgehead atoms. The Morgan fingerprint density at radius 2 is 1.39 bits per heavy atom. The van der Waals surface area contributed by atoms with Crippen LogP contribution in [0.5, 0.6) is 0 Å². The first-order chi connectivity index (χ1) is 21.7. The number of imidazole rings is 2. The average Bonchev–Trinajstić information content (AvgIpc) is 3.68. The Balaban J connectivity index is 1.23. The number of thiol groups is 1. The Hall–Kier alpha value is -2.83. The largest absolute Gasteiger partial charge is 0.387 e. The molecule has 0 spiro atoms. The van der Waals surface area contributed by atoms with Crippen LogP contribution >= 0.6 is 25.8 Å². The summed E-state index contributed by atoms with van der Waals surface area (Å²) in [5.41, 5.74) is 10.2. The van der Waals surface area contributed by atoms with Gasteiger partial charge in [-0.2, -0.15) is 0 Å². The molecule has 0 radical (unpaired) electrons. The Labute approximate surface area is 264 Å². The third-order valence-corrected chi connectivity index (χ3v) is 10.7. The number of rotatable bonds is 2. The fourth-order valence-electron chi connectivity index (χ4n) is 5.46. The molecule has 22 nitrogen and oxygen atoms in total. The van der Waals surface area contributed by atoms with Crippen molar-refractivity contribution in [2.75, 3.05) is 24.7 Å². The normalized spacial score (nSPS) is 37.1. The Kier molecular flexibility index (Phi) is 7.87. The highest BCUT2D eigenvalue weighted by atomic mass is 32.7. The van der Waals surface area contributed by atoms with Crippen LogP contribution in [0.2, 0.25) is 0 Å². The van der Waals surface area contributed by atoms with Crippen LogP contribution in [-0.2, 0) is 43.9 Å². The van der Waals surface area contributed by atoms with Gasteiger partial charge in [0, 0.05) is 0 Å². The lowest BCUT2D eigenvalue weighted by Crippen LogP contribution is -2.37. The summed E-state index contributed by atoms with van der Waals surface area (Å²) in [6.45, 7) is -10.1. The molecular weight excluding hydrogens is 698 g/mol. The summed E-state index contributed by atoms with van der Waals surface area (Å²) in [4.78, 5) is 57.6. The zero-order chi connectivity index (χ0) is 32.7. The summed E-state index contributed by atoms with van der Waals surface area (Å²) in [6, 6.07) is 0. The van der Waals surface area contributed by atoms with Gasteiger partial charge in [0.1, 0.15) is 60.3 Å². The SMILES string of the molecule is Nc1ncnc2c1[nH]c(=O)n2[C@@H]1O[C@@H]2COP(O)(=S)O[C@@H]3[C@H](O)[C@@H](COP(=O)(S)O[C@H]2[C@H]1O)O[C@H]3n1c(=O)[nH]c2c(N)ncnc21. The topological polar surface area (TPSA) is 312 Å². The van der Waals surface area contributed by atoms with Gasteiger partial charge < -0.3 is 50.5 Å². The molecule has 3 fully saturated rings. The molecular formula is C20H24N10O12P2S2. The molecule has 0 saturated carbocycles. The molecule has 0 aromatic carbocycles. The Morgan fingerprint density at radius 1 is 0.848 bits per heavy atom. The summed E-state index contributed by atoms with van der Waals surface area (Å²) < 4.78 is 49.3. The standard InChI is InChI=1S/C20H24N10O12P2S2/c21-13-7-15(25-3-23-13)29(19(33)27-7)17-10(32)11-6(40-17)2-38-44(36,46)42-12-9(31)5(1-37-43(35,45)41-11)39-18(12)30-16-8(28-20(30)34)14(22)24-4-26-16/h3-6,9-12,17-18,31-32H,1-2H2,(H,27,33)(H,28,34)(H,35,45)(H,36,46)(H2,21,23,25)(H2,22,24,26)/t5-,6-,9-,10-,11-,12-,17-,18-,43?,44?/m1/s1. The summed E-state index contributed by atoms with van der Waals surface area (Å²) in [6.07, 6.45) is -10.1. The van der Waals surface area contributed by atoms with Gasteiger partial charge in [0.25, 0.3) is 0 Å². The lowest BCUT2D eigenvalue weighted by Gasteiger charge is -2.27. The fraction of sp³-hybridized carbons (Fsp3) is 0.500. The third kappa shape index (κ3) is 5.38. The van der Waals surface area contributed by atoms with Crippen molar-refractivity contribution in [2.45, 2.75) is 49.1 Å². The van der Waals surface area contributed by atoms with Crippen LogP contribution < -0.4 is 22.8 Å². The van der Waals surface area contributed by atoms with Crippen molar-refractivity contribution >= 4 is 71.5 Å². The highest BCUT2D eigenvalue weighted by Crippen LogP contribution is 2.58. The van der Waals surface area contributed by atoms with Gasteiger partial charge in [-0.3, -0.25) is 13.6 Å². The second kappa shape index (κ2) is 11.4. The summed E-state index contributed by atoms with van der Waals surface area (Å²) in [7, 11) is 0. The maximum Gasteiger partial charge on any atom is 0.386 e. The predicted octanol–water partition coefficient (Wildman–Crippen LogP) is -1.99. The van der Waals surface area contributed by atoms with Gasteiger partial charge in [-0.25, -0.2) is 43.2 Å². The number of H-pyrrole nitrogens is 2. The second-order valence-corrected chi connectivity index (χ2v) is 16.0. The van der Waals surface area contributed by atoms with Gasteiger partial charge in [-0.1, -0.05) is 12.2 Å². The van der Waals surface area contributed by atoms with E-state index in [2.05, 4.69) is 42.2 Å². The van der Waals surface area contributed by atoms with E-state index >= 15 is 0 Å². The van der Waals surface area contributed by atoms with E-state index in [1.165, 1.54) is 0 Å². The number of aliphatic hydroxyl groups excluding tert-OH is 2. The molecule has 4 aromatic heterocycles. The molecule has 4 aromatic rings. The number of nitrogens with one attached hydrogen (secondary N) is 2. The van der Waals surface area contributed by atoms with E-state index in [1.807, 2.05) is 0 Å². The molecule has 0 aliphatic carbocycles. The van der Waals surface area contributed by atoms with Crippen LogP contribution in [-0.4, -0.2) is 104 Å². The summed E-state index contributed by atoms with van der Waals surface area (Å²) in [5, 5.41) is 22.4. The summed E-state index contributed by atoms with van der Waals surface area (Å²) >= 11 is 9.22. The number of aliphatic hydroxyl groups is 2. The van der Waals surface area contributed by atoms with E-state index in [9.17, 15) is 29.3 Å². The number of hydrogen-bond donors (Lipinski definition) is 8. The zero-order valence-electron chi connectivity index (χ0n) is 22.8. The van der Waals surface area contributed by atoms with Crippen molar-refractivity contribution in [2.24, 2.45) is 0 Å². The minimum atomic E-state index is -4.42. The first-order valence-electron chi connectivity index (χ1n) is 13.1. The smallest absolute Gasteiger partial charge is 0.386 e. The van der Waals surface area contributed by atoms with E-state index in [0.29, 0.717) is 0 Å². The lowest BCUT2D eigenvalue weighted by molar-refractivity contribution is -0.0607. The number of hydrogen-bond acceptors (Lipinski definition) is 18. The molecule has 3 saturated heterocycles. The van der Waals surface area contributed by atoms with Gasteiger partial charge in [-0.05, 0) is 11.8 Å². The third-order valence-electron chi connectivity index (χ3n) is 7.52. The molecule has 10 atom stereocenters. The molecule has 9 N–H and O–H groups in total. The van der Waals surface area contributed by atoms with E-state index in [0.717, 1.165) is 21.8 Å². The van der Waals surface area contributed by atoms with Crippen LogP contribution in [0.25, 0.3) is 22.3 Å². The average molecular weight is 723 g/mol. The van der Waals surface area contributed by atoms with Gasteiger partial charge >= 0.3 is 24.9 Å². The van der Waals surface area contributed by atoms with Crippen molar-refractivity contribution in [3.8, 4) is 0 Å². The molecule has 7 heterocycles. The van der Waals surface area contributed by atoms with Crippen LogP contribution in [0, 0.1) is 0 Å². The van der Waals surface area contributed by atoms with Crippen molar-refractivity contribution < 1.29 is 47.2 Å². The van der Waals surface area contributed by atoms with E-state index in [-0.39, 0.29) is 34.0 Å². The van der Waals surface area contributed by atoms with Gasteiger partial charge in [0.05, 0.1) is 13.2 Å². The fourth-order valence-corrected chi connectivity index (χ4v) is 8.37. The maximum absolute atomic E-state index is 13.4. The molecule has 46 heavy (non-hydrogen) atoms. The number of fused-ring (bicyclic) bond motifs is 5. The van der Waals surface area contributed by atoms with Gasteiger partial charge in [-0.15, -0.1) is 0 Å². The lowest BCUT2D eigenvalue weighted by atomic mass is 10.1. The number of nitrogen functional groups attached to an aromatic ring is 2. The number of nitrogens with zero attached hydrogens (tertiary/aromatic N) is 6. The van der Waals surface area contributed by atoms with E-state index in [4.69, 9.17) is 50.8 Å². The molecule has 0 amide bonds. The summed E-state index contributed by atoms with van der Waals surface area (Å²) in [5.74, 6) is -0.106. The highest BCUT2D eigenvalue weighted by Gasteiger charge is 2.53. The van der Waals surface area contributed by atoms with Crippen molar-refractivity contribution in [3.63, 3.8) is 0 Å². The number of anilines is 2. The molecule has 7 rings (SSSR count). The number of nitrogens with two attached hydrogens (primary N) is 2. The maximum atomic E-state index is 13.4. The second-order valence-electron chi connectivity index (χ2n) is 10.3. The predicted molar refractivity (Wildman–Crippen MR) is 160 cm³/mol. The number of aromatic nitrogens is 8. The number of aromatic amines is 2.